The standard InChI is InChI=1S/C16H16N.C5H12O2.Ir/c1-12-11-16(13-7-3-2-4-8-13)17-15-10-6-5-9-14(12)15;1-4(6)3-5(2)7;/h5-6,9-11H,2-4,7H2,1H3;4-7H,3H2,1-2H3;/q-1;;. The van der Waals surface area contributed by atoms with Crippen LogP contribution in [0.4, 0.5) is 0 Å². The van der Waals surface area contributed by atoms with Gasteiger partial charge in [0, 0.05) is 25.6 Å². The summed E-state index contributed by atoms with van der Waals surface area (Å²) in [7, 11) is 0. The van der Waals surface area contributed by atoms with E-state index in [0.29, 0.717) is 6.42 Å². The molecule has 1 aliphatic carbocycles. The van der Waals surface area contributed by atoms with Crippen LogP contribution in [-0.4, -0.2) is 27.4 Å². The van der Waals surface area contributed by atoms with Crippen LogP contribution in [0.15, 0.2) is 30.3 Å². The molecule has 1 heterocycles. The molecule has 139 valence electrons. The van der Waals surface area contributed by atoms with Crippen molar-refractivity contribution in [3.8, 4) is 0 Å². The number of rotatable bonds is 3. The number of hydrogen-bond donors (Lipinski definition) is 2. The molecule has 2 atom stereocenters. The van der Waals surface area contributed by atoms with Crippen LogP contribution in [0.5, 0.6) is 0 Å². The number of allylic oxidation sites excluding steroid dienone is 2. The zero-order chi connectivity index (χ0) is 17.5. The molecule has 2 aromatic rings. The van der Waals surface area contributed by atoms with E-state index in [2.05, 4.69) is 43.3 Å². The molecule has 0 saturated heterocycles. The maximum absolute atomic E-state index is 8.56. The first-order valence-corrected chi connectivity index (χ1v) is 8.80. The van der Waals surface area contributed by atoms with E-state index in [1.165, 1.54) is 29.4 Å². The van der Waals surface area contributed by atoms with E-state index in [4.69, 9.17) is 15.2 Å². The topological polar surface area (TPSA) is 53.4 Å². The Labute approximate surface area is 164 Å². The second-order valence-corrected chi connectivity index (χ2v) is 6.64. The largest absolute Gasteiger partial charge is 0.393 e. The van der Waals surface area contributed by atoms with Crippen molar-refractivity contribution in [2.24, 2.45) is 0 Å². The number of hydrogen-bond acceptors (Lipinski definition) is 3. The normalized spacial score (nSPS) is 16.1. The number of benzene rings is 1. The van der Waals surface area contributed by atoms with Gasteiger partial charge in [0.25, 0.3) is 0 Å². The van der Waals surface area contributed by atoms with Crippen molar-refractivity contribution in [3.63, 3.8) is 0 Å². The Kier molecular flexibility index (Phi) is 9.52. The van der Waals surface area contributed by atoms with Gasteiger partial charge in [-0.05, 0) is 38.6 Å². The van der Waals surface area contributed by atoms with Crippen LogP contribution in [0.3, 0.4) is 0 Å². The fourth-order valence-corrected chi connectivity index (χ4v) is 2.97. The van der Waals surface area contributed by atoms with Gasteiger partial charge in [-0.1, -0.05) is 48.7 Å². The van der Waals surface area contributed by atoms with E-state index in [1.54, 1.807) is 13.8 Å². The Balaban J connectivity index is 0.000000339. The summed E-state index contributed by atoms with van der Waals surface area (Å²) < 4.78 is 0. The van der Waals surface area contributed by atoms with E-state index in [-0.39, 0.29) is 32.3 Å². The number of aromatic nitrogens is 1. The molecule has 1 aromatic heterocycles. The van der Waals surface area contributed by atoms with E-state index in [9.17, 15) is 0 Å². The van der Waals surface area contributed by atoms with Crippen LogP contribution in [0.2, 0.25) is 0 Å². The van der Waals surface area contributed by atoms with Crippen LogP contribution >= 0.6 is 0 Å². The third-order valence-corrected chi connectivity index (χ3v) is 4.11. The fraction of sp³-hybridized carbons (Fsp3) is 0.476. The Morgan fingerprint density at radius 2 is 1.80 bits per heavy atom. The molecule has 2 unspecified atom stereocenters. The molecular weight excluding hydrogens is 490 g/mol. The van der Waals surface area contributed by atoms with E-state index >= 15 is 0 Å². The molecule has 0 spiro atoms. The first kappa shape index (κ1) is 22.0. The summed E-state index contributed by atoms with van der Waals surface area (Å²) in [6.45, 7) is 5.48. The van der Waals surface area contributed by atoms with Crippen molar-refractivity contribution in [1.29, 1.82) is 0 Å². The third kappa shape index (κ3) is 6.99. The second-order valence-electron chi connectivity index (χ2n) is 6.64. The van der Waals surface area contributed by atoms with Gasteiger partial charge in [0.2, 0.25) is 0 Å². The fourth-order valence-electron chi connectivity index (χ4n) is 2.97. The molecule has 25 heavy (non-hydrogen) atoms. The maximum Gasteiger partial charge on any atom is 0.0536 e. The quantitative estimate of drug-likeness (QED) is 0.591. The van der Waals surface area contributed by atoms with Crippen molar-refractivity contribution in [3.05, 3.63) is 47.7 Å². The number of pyridine rings is 1. The van der Waals surface area contributed by atoms with Crippen molar-refractivity contribution in [1.82, 2.24) is 4.98 Å². The van der Waals surface area contributed by atoms with Crippen LogP contribution in [0.1, 0.15) is 57.2 Å². The van der Waals surface area contributed by atoms with Crippen molar-refractivity contribution >= 4 is 16.5 Å². The predicted octanol–water partition coefficient (Wildman–Crippen LogP) is 4.44. The van der Waals surface area contributed by atoms with Crippen molar-refractivity contribution in [2.45, 2.75) is 65.1 Å². The van der Waals surface area contributed by atoms with Gasteiger partial charge in [0.1, 0.15) is 0 Å². The van der Waals surface area contributed by atoms with Crippen LogP contribution < -0.4 is 0 Å². The van der Waals surface area contributed by atoms with Gasteiger partial charge < -0.3 is 15.2 Å². The Morgan fingerprint density at radius 1 is 1.12 bits per heavy atom. The van der Waals surface area contributed by atoms with Gasteiger partial charge >= 0.3 is 0 Å². The zero-order valence-corrected chi connectivity index (χ0v) is 17.6. The third-order valence-electron chi connectivity index (χ3n) is 4.11. The summed E-state index contributed by atoms with van der Waals surface area (Å²) in [5.41, 5.74) is 4.85. The Morgan fingerprint density at radius 3 is 2.36 bits per heavy atom. The van der Waals surface area contributed by atoms with Crippen LogP contribution in [0.25, 0.3) is 16.5 Å². The number of fused-ring (bicyclic) bond motifs is 1. The molecule has 3 nitrogen and oxygen atoms in total. The minimum absolute atomic E-state index is 0. The van der Waals surface area contributed by atoms with Gasteiger partial charge in [-0.15, -0.1) is 12.5 Å². The summed E-state index contributed by atoms with van der Waals surface area (Å²) in [5, 5.41) is 18.4. The van der Waals surface area contributed by atoms with Crippen LogP contribution in [0, 0.1) is 13.0 Å². The van der Waals surface area contributed by atoms with E-state index in [0.717, 1.165) is 24.1 Å². The monoisotopic (exact) mass is 519 g/mol. The number of para-hydroxylation sites is 1. The average molecular weight is 519 g/mol. The molecule has 0 aliphatic heterocycles. The van der Waals surface area contributed by atoms with Gasteiger partial charge in [-0.3, -0.25) is 6.08 Å². The number of aliphatic hydroxyl groups is 2. The second kappa shape index (κ2) is 10.8. The van der Waals surface area contributed by atoms with Gasteiger partial charge in [-0.25, -0.2) is 0 Å². The summed E-state index contributed by atoms with van der Waals surface area (Å²) in [4.78, 5) is 4.76. The predicted molar refractivity (Wildman–Crippen MR) is 99.6 cm³/mol. The summed E-state index contributed by atoms with van der Waals surface area (Å²) in [6.07, 6.45) is 7.97. The van der Waals surface area contributed by atoms with Gasteiger partial charge in [0.15, 0.2) is 0 Å². The van der Waals surface area contributed by atoms with E-state index < -0.39 is 0 Å². The molecule has 4 heteroatoms. The Hall–Kier alpha value is -1.06. The summed E-state index contributed by atoms with van der Waals surface area (Å²) >= 11 is 0. The maximum atomic E-state index is 8.56. The SMILES string of the molecule is CC(O)CC(C)O.Cc1cc(C2=[C-]CCCC2)nc2ccccc12.[Ir]. The molecule has 3 rings (SSSR count). The summed E-state index contributed by atoms with van der Waals surface area (Å²) in [6, 6.07) is 10.6. The Bertz CT molecular complexity index is 689. The molecule has 2 N–H and O–H groups in total. The average Bonchev–Trinajstić information content (AvgIpc) is 2.55. The smallest absolute Gasteiger partial charge is 0.0536 e. The number of nitrogens with zero attached hydrogens (tertiary/aromatic N) is 1. The van der Waals surface area contributed by atoms with Gasteiger partial charge in [0.05, 0.1) is 12.2 Å². The van der Waals surface area contributed by atoms with Crippen LogP contribution in [-0.2, 0) is 20.1 Å². The minimum Gasteiger partial charge on any atom is -0.393 e. The summed E-state index contributed by atoms with van der Waals surface area (Å²) in [5.74, 6) is 0. The van der Waals surface area contributed by atoms with Crippen molar-refractivity contribution in [2.75, 3.05) is 0 Å². The first-order chi connectivity index (χ1) is 11.5. The number of aryl methyl sites for hydroxylation is 1. The molecule has 1 aromatic carbocycles. The zero-order valence-electron chi connectivity index (χ0n) is 15.3. The molecule has 0 fully saturated rings. The molecule has 0 bridgehead atoms. The molecule has 0 saturated carbocycles. The molecule has 0 amide bonds. The minimum atomic E-state index is -0.375. The molecular formula is C21H28IrNO2-. The molecule has 1 aliphatic rings. The van der Waals surface area contributed by atoms with Gasteiger partial charge in [-0.2, -0.15) is 5.57 Å². The van der Waals surface area contributed by atoms with Crippen molar-refractivity contribution < 1.29 is 30.3 Å². The molecule has 1 radical (unpaired) electrons. The first-order valence-electron chi connectivity index (χ1n) is 8.80. The van der Waals surface area contributed by atoms with E-state index in [1.807, 2.05) is 0 Å². The number of aliphatic hydroxyl groups excluding tert-OH is 2.